The lowest BCUT2D eigenvalue weighted by Gasteiger charge is -2.19. The monoisotopic (exact) mass is 279 g/mol. The molecule has 106 valence electrons. The van der Waals surface area contributed by atoms with Crippen molar-refractivity contribution in [2.45, 2.75) is 18.6 Å². The first-order valence-corrected chi connectivity index (χ1v) is 5.93. The number of aliphatic hydroxyl groups is 2. The first kappa shape index (κ1) is 14.1. The van der Waals surface area contributed by atoms with Gasteiger partial charge in [0.1, 0.15) is 6.10 Å². The standard InChI is InChI=1S/C12H13N3O5/c13-15-14-2-1-9(17)12(18)8-4-11-10(19-6-20-11)3-7(8)5-16/h3-5,9,12,17-18H,1-2,6H2. The van der Waals surface area contributed by atoms with E-state index in [-0.39, 0.29) is 30.9 Å². The molecular formula is C12H13N3O5. The Kier molecular flexibility index (Phi) is 4.41. The molecule has 0 radical (unpaired) electrons. The molecule has 0 fully saturated rings. The highest BCUT2D eigenvalue weighted by Crippen LogP contribution is 2.37. The van der Waals surface area contributed by atoms with Crippen molar-refractivity contribution in [3.63, 3.8) is 0 Å². The van der Waals surface area contributed by atoms with Crippen LogP contribution in [0.4, 0.5) is 0 Å². The highest BCUT2D eigenvalue weighted by molar-refractivity contribution is 5.79. The van der Waals surface area contributed by atoms with E-state index in [9.17, 15) is 15.0 Å². The average Bonchev–Trinajstić information content (AvgIpc) is 2.92. The van der Waals surface area contributed by atoms with Crippen LogP contribution in [0, 0.1) is 0 Å². The number of carbonyl (C=O) groups is 1. The largest absolute Gasteiger partial charge is 0.454 e. The molecule has 0 saturated heterocycles. The van der Waals surface area contributed by atoms with E-state index in [0.29, 0.717) is 17.8 Å². The molecule has 1 aliphatic heterocycles. The highest BCUT2D eigenvalue weighted by atomic mass is 16.7. The van der Waals surface area contributed by atoms with E-state index in [4.69, 9.17) is 15.0 Å². The third-order valence-electron chi connectivity index (χ3n) is 2.98. The lowest BCUT2D eigenvalue weighted by molar-refractivity contribution is 0.0146. The van der Waals surface area contributed by atoms with Crippen LogP contribution >= 0.6 is 0 Å². The summed E-state index contributed by atoms with van der Waals surface area (Å²) in [4.78, 5) is 13.6. The van der Waals surface area contributed by atoms with Gasteiger partial charge in [-0.1, -0.05) is 5.11 Å². The van der Waals surface area contributed by atoms with Crippen LogP contribution in [0.1, 0.15) is 28.4 Å². The summed E-state index contributed by atoms with van der Waals surface area (Å²) in [5, 5.41) is 23.2. The van der Waals surface area contributed by atoms with Gasteiger partial charge in [-0.25, -0.2) is 0 Å². The zero-order valence-corrected chi connectivity index (χ0v) is 10.5. The zero-order chi connectivity index (χ0) is 14.5. The molecule has 1 aliphatic rings. The summed E-state index contributed by atoms with van der Waals surface area (Å²) >= 11 is 0. The van der Waals surface area contributed by atoms with Gasteiger partial charge < -0.3 is 19.7 Å². The molecule has 20 heavy (non-hydrogen) atoms. The molecule has 0 aliphatic carbocycles. The van der Waals surface area contributed by atoms with Crippen LogP contribution in [-0.4, -0.2) is 35.9 Å². The minimum Gasteiger partial charge on any atom is -0.454 e. The quantitative estimate of drug-likeness (QED) is 0.351. The number of hydrogen-bond acceptors (Lipinski definition) is 6. The van der Waals surface area contributed by atoms with Crippen LogP contribution < -0.4 is 9.47 Å². The molecular weight excluding hydrogens is 266 g/mol. The number of ether oxygens (including phenoxy) is 2. The molecule has 2 rings (SSSR count). The average molecular weight is 279 g/mol. The molecule has 2 unspecified atom stereocenters. The van der Waals surface area contributed by atoms with Gasteiger partial charge in [0.2, 0.25) is 6.79 Å². The van der Waals surface area contributed by atoms with Gasteiger partial charge in [-0.05, 0) is 29.6 Å². The van der Waals surface area contributed by atoms with Gasteiger partial charge in [0.15, 0.2) is 17.8 Å². The summed E-state index contributed by atoms with van der Waals surface area (Å²) < 4.78 is 10.3. The van der Waals surface area contributed by atoms with Gasteiger partial charge in [-0.2, -0.15) is 0 Å². The summed E-state index contributed by atoms with van der Waals surface area (Å²) in [6.45, 7) is 0.0995. The van der Waals surface area contributed by atoms with E-state index in [0.717, 1.165) is 0 Å². The molecule has 8 nitrogen and oxygen atoms in total. The minimum atomic E-state index is -1.28. The lowest BCUT2D eigenvalue weighted by atomic mass is 9.97. The van der Waals surface area contributed by atoms with Crippen molar-refractivity contribution < 1.29 is 24.5 Å². The van der Waals surface area contributed by atoms with Crippen molar-refractivity contribution in [1.82, 2.24) is 0 Å². The van der Waals surface area contributed by atoms with Gasteiger partial charge in [0.05, 0.1) is 6.10 Å². The van der Waals surface area contributed by atoms with E-state index < -0.39 is 12.2 Å². The van der Waals surface area contributed by atoms with Crippen molar-refractivity contribution in [3.05, 3.63) is 33.7 Å². The van der Waals surface area contributed by atoms with Gasteiger partial charge in [0.25, 0.3) is 0 Å². The Morgan fingerprint density at radius 1 is 1.40 bits per heavy atom. The molecule has 0 amide bonds. The Balaban J connectivity index is 2.22. The van der Waals surface area contributed by atoms with Gasteiger partial charge in [-0.3, -0.25) is 4.79 Å². The third-order valence-corrected chi connectivity index (χ3v) is 2.98. The van der Waals surface area contributed by atoms with Crippen molar-refractivity contribution >= 4 is 6.29 Å². The van der Waals surface area contributed by atoms with E-state index in [1.54, 1.807) is 0 Å². The number of rotatable bonds is 6. The van der Waals surface area contributed by atoms with Crippen LogP contribution in [0.2, 0.25) is 0 Å². The van der Waals surface area contributed by atoms with Crippen LogP contribution in [0.25, 0.3) is 10.4 Å². The molecule has 2 atom stereocenters. The van der Waals surface area contributed by atoms with Crippen molar-refractivity contribution in [2.75, 3.05) is 13.3 Å². The van der Waals surface area contributed by atoms with E-state index >= 15 is 0 Å². The molecule has 1 heterocycles. The number of hydrogen-bond donors (Lipinski definition) is 2. The van der Waals surface area contributed by atoms with E-state index in [1.807, 2.05) is 0 Å². The second-order valence-corrected chi connectivity index (χ2v) is 4.21. The lowest BCUT2D eigenvalue weighted by Crippen LogP contribution is -2.20. The summed E-state index contributed by atoms with van der Waals surface area (Å²) in [5.74, 6) is 0.832. The Labute approximate surface area is 114 Å². The maximum absolute atomic E-state index is 11.1. The predicted molar refractivity (Wildman–Crippen MR) is 67.5 cm³/mol. The van der Waals surface area contributed by atoms with E-state index in [2.05, 4.69) is 10.0 Å². The van der Waals surface area contributed by atoms with Crippen LogP contribution in [0.3, 0.4) is 0 Å². The number of azide groups is 1. The predicted octanol–water partition coefficient (Wildman–Crippen LogP) is 1.32. The first-order valence-electron chi connectivity index (χ1n) is 5.93. The topological polar surface area (TPSA) is 125 Å². The normalized spacial score (nSPS) is 15.3. The maximum atomic E-state index is 11.1. The molecule has 0 spiro atoms. The smallest absolute Gasteiger partial charge is 0.231 e. The van der Waals surface area contributed by atoms with Crippen LogP contribution in [-0.2, 0) is 0 Å². The van der Waals surface area contributed by atoms with Crippen molar-refractivity contribution in [2.24, 2.45) is 5.11 Å². The fraction of sp³-hybridized carbons (Fsp3) is 0.417. The van der Waals surface area contributed by atoms with Gasteiger partial charge >= 0.3 is 0 Å². The minimum absolute atomic E-state index is 0.0482. The summed E-state index contributed by atoms with van der Waals surface area (Å²) in [6.07, 6.45) is -1.78. The first-order chi connectivity index (χ1) is 9.67. The molecule has 1 aromatic carbocycles. The fourth-order valence-electron chi connectivity index (χ4n) is 1.93. The van der Waals surface area contributed by atoms with Gasteiger partial charge in [0, 0.05) is 17.0 Å². The number of aliphatic hydroxyl groups excluding tert-OH is 2. The van der Waals surface area contributed by atoms with Crippen molar-refractivity contribution in [1.29, 1.82) is 0 Å². The summed E-state index contributed by atoms with van der Waals surface area (Å²) in [6, 6.07) is 2.92. The number of benzene rings is 1. The summed E-state index contributed by atoms with van der Waals surface area (Å²) in [5.41, 5.74) is 8.62. The zero-order valence-electron chi connectivity index (χ0n) is 10.5. The van der Waals surface area contributed by atoms with Crippen LogP contribution in [0.15, 0.2) is 17.2 Å². The number of carbonyl (C=O) groups excluding carboxylic acids is 1. The third kappa shape index (κ3) is 2.83. The Hall–Kier alpha value is -2.28. The fourth-order valence-corrected chi connectivity index (χ4v) is 1.93. The number of nitrogens with zero attached hydrogens (tertiary/aromatic N) is 3. The molecule has 0 saturated carbocycles. The van der Waals surface area contributed by atoms with E-state index in [1.165, 1.54) is 12.1 Å². The molecule has 1 aromatic rings. The molecule has 0 aromatic heterocycles. The molecule has 8 heteroatoms. The maximum Gasteiger partial charge on any atom is 0.231 e. The Bertz CT molecular complexity index is 556. The van der Waals surface area contributed by atoms with Crippen LogP contribution in [0.5, 0.6) is 11.5 Å². The summed E-state index contributed by atoms with van der Waals surface area (Å²) in [7, 11) is 0. The second-order valence-electron chi connectivity index (χ2n) is 4.21. The second kappa shape index (κ2) is 6.25. The molecule has 2 N–H and O–H groups in total. The SMILES string of the molecule is [N-]=[N+]=NCCC(O)C(O)c1cc2c(cc1C=O)OCO2. The Morgan fingerprint density at radius 2 is 2.10 bits per heavy atom. The highest BCUT2D eigenvalue weighted by Gasteiger charge is 2.25. The van der Waals surface area contributed by atoms with Gasteiger partial charge in [-0.15, -0.1) is 0 Å². The Morgan fingerprint density at radius 3 is 2.75 bits per heavy atom. The molecule has 0 bridgehead atoms. The number of aldehydes is 1. The van der Waals surface area contributed by atoms with Crippen molar-refractivity contribution in [3.8, 4) is 11.5 Å². The number of fused-ring (bicyclic) bond motifs is 1.